The van der Waals surface area contributed by atoms with E-state index in [9.17, 15) is 13.2 Å². The molecule has 1 rings (SSSR count). The van der Waals surface area contributed by atoms with Gasteiger partial charge in [0.15, 0.2) is 6.10 Å². The fraction of sp³-hybridized carbons (Fsp3) is 0.400. The molecule has 6 heteroatoms. The summed E-state index contributed by atoms with van der Waals surface area (Å²) in [4.78, 5) is 0. The van der Waals surface area contributed by atoms with Gasteiger partial charge in [-0.15, -0.1) is 0 Å². The summed E-state index contributed by atoms with van der Waals surface area (Å²) < 4.78 is 41.9. The maximum Gasteiger partial charge on any atom is 0.414 e. The van der Waals surface area contributed by atoms with Gasteiger partial charge in [-0.2, -0.15) is 13.2 Å². The summed E-state index contributed by atoms with van der Waals surface area (Å²) in [6.07, 6.45) is -6.12. The van der Waals surface area contributed by atoms with Gasteiger partial charge < -0.3 is 10.5 Å². The predicted octanol–water partition coefficient (Wildman–Crippen LogP) is 3.50. The SMILES string of the molecule is CC(OCc1cc(N)cc(Br)c1)C(F)(F)F. The van der Waals surface area contributed by atoms with Crippen LogP contribution in [0.15, 0.2) is 22.7 Å². The number of anilines is 1. The third kappa shape index (κ3) is 4.02. The van der Waals surface area contributed by atoms with E-state index in [0.29, 0.717) is 15.7 Å². The summed E-state index contributed by atoms with van der Waals surface area (Å²) in [7, 11) is 0. The second-order valence-electron chi connectivity index (χ2n) is 3.39. The Hall–Kier alpha value is -0.750. The van der Waals surface area contributed by atoms with Crippen LogP contribution >= 0.6 is 15.9 Å². The molecule has 2 N–H and O–H groups in total. The number of nitrogens with two attached hydrogens (primary N) is 1. The molecule has 0 amide bonds. The lowest BCUT2D eigenvalue weighted by molar-refractivity contribution is -0.217. The van der Waals surface area contributed by atoms with Gasteiger partial charge in [-0.3, -0.25) is 0 Å². The maximum absolute atomic E-state index is 12.2. The first kappa shape index (κ1) is 13.3. The molecule has 1 atom stereocenters. The second-order valence-corrected chi connectivity index (χ2v) is 4.30. The van der Waals surface area contributed by atoms with E-state index >= 15 is 0 Å². The van der Waals surface area contributed by atoms with Crippen LogP contribution in [0.1, 0.15) is 12.5 Å². The van der Waals surface area contributed by atoms with Crippen LogP contribution in [-0.4, -0.2) is 12.3 Å². The Kier molecular flexibility index (Phi) is 4.21. The molecule has 0 spiro atoms. The van der Waals surface area contributed by atoms with Crippen LogP contribution < -0.4 is 5.73 Å². The van der Waals surface area contributed by atoms with Crippen molar-refractivity contribution < 1.29 is 17.9 Å². The van der Waals surface area contributed by atoms with E-state index < -0.39 is 12.3 Å². The molecule has 90 valence electrons. The topological polar surface area (TPSA) is 35.2 Å². The highest BCUT2D eigenvalue weighted by Gasteiger charge is 2.36. The zero-order valence-electron chi connectivity index (χ0n) is 8.51. The predicted molar refractivity (Wildman–Crippen MR) is 58.9 cm³/mol. The van der Waals surface area contributed by atoms with Gasteiger partial charge in [0.05, 0.1) is 6.61 Å². The van der Waals surface area contributed by atoms with Crippen LogP contribution in [0.25, 0.3) is 0 Å². The van der Waals surface area contributed by atoms with Gasteiger partial charge in [-0.25, -0.2) is 0 Å². The molecule has 1 unspecified atom stereocenters. The number of benzene rings is 1. The number of halogens is 4. The van der Waals surface area contributed by atoms with Crippen molar-refractivity contribution in [2.24, 2.45) is 0 Å². The molecule has 0 saturated carbocycles. The standard InChI is InChI=1S/C10H11BrF3NO/c1-6(10(12,13)14)16-5-7-2-8(11)4-9(15)3-7/h2-4,6H,5,15H2,1H3. The van der Waals surface area contributed by atoms with Crippen LogP contribution in [0.4, 0.5) is 18.9 Å². The fourth-order valence-electron chi connectivity index (χ4n) is 1.07. The van der Waals surface area contributed by atoms with Crippen molar-refractivity contribution in [2.75, 3.05) is 5.73 Å². The van der Waals surface area contributed by atoms with E-state index in [0.717, 1.165) is 6.92 Å². The van der Waals surface area contributed by atoms with E-state index in [2.05, 4.69) is 15.9 Å². The summed E-state index contributed by atoms with van der Waals surface area (Å²) in [5.74, 6) is 0. The Morgan fingerprint density at radius 3 is 2.50 bits per heavy atom. The highest BCUT2D eigenvalue weighted by Crippen LogP contribution is 2.24. The Labute approximate surface area is 99.7 Å². The minimum Gasteiger partial charge on any atom is -0.399 e. The van der Waals surface area contributed by atoms with Crippen LogP contribution in [0.2, 0.25) is 0 Å². The van der Waals surface area contributed by atoms with Crippen LogP contribution in [0.3, 0.4) is 0 Å². The number of hydrogen-bond acceptors (Lipinski definition) is 2. The zero-order chi connectivity index (χ0) is 12.3. The molecule has 2 nitrogen and oxygen atoms in total. The summed E-state index contributed by atoms with van der Waals surface area (Å²) in [5.41, 5.74) is 6.62. The van der Waals surface area contributed by atoms with Gasteiger partial charge in [-0.1, -0.05) is 15.9 Å². The zero-order valence-corrected chi connectivity index (χ0v) is 10.1. The average Bonchev–Trinajstić information content (AvgIpc) is 2.11. The van der Waals surface area contributed by atoms with Gasteiger partial charge in [0.25, 0.3) is 0 Å². The molecule has 0 saturated heterocycles. The summed E-state index contributed by atoms with van der Waals surface area (Å²) in [5, 5.41) is 0. The molecular formula is C10H11BrF3NO. The van der Waals surface area contributed by atoms with Gasteiger partial charge in [-0.05, 0) is 30.7 Å². The monoisotopic (exact) mass is 297 g/mol. The van der Waals surface area contributed by atoms with E-state index in [4.69, 9.17) is 10.5 Å². The summed E-state index contributed by atoms with van der Waals surface area (Å²) in [6.45, 7) is 0.853. The number of rotatable bonds is 3. The van der Waals surface area contributed by atoms with E-state index in [1.54, 1.807) is 18.2 Å². The Bertz CT molecular complexity index is 347. The normalized spacial score (nSPS) is 13.8. The molecule has 0 aromatic heterocycles. The second kappa shape index (κ2) is 5.05. The van der Waals surface area contributed by atoms with E-state index in [1.165, 1.54) is 0 Å². The third-order valence-electron chi connectivity index (χ3n) is 1.94. The van der Waals surface area contributed by atoms with Gasteiger partial charge in [0.1, 0.15) is 0 Å². The Balaban J connectivity index is 2.61. The first-order valence-corrected chi connectivity index (χ1v) is 5.31. The molecule has 0 radical (unpaired) electrons. The maximum atomic E-state index is 12.2. The van der Waals surface area contributed by atoms with Gasteiger partial charge >= 0.3 is 6.18 Å². The molecule has 16 heavy (non-hydrogen) atoms. The van der Waals surface area contributed by atoms with Crippen LogP contribution in [0, 0.1) is 0 Å². The first-order chi connectivity index (χ1) is 7.29. The molecule has 0 fully saturated rings. The Morgan fingerprint density at radius 1 is 1.38 bits per heavy atom. The lowest BCUT2D eigenvalue weighted by Gasteiger charge is -2.16. The minimum absolute atomic E-state index is 0.121. The summed E-state index contributed by atoms with van der Waals surface area (Å²) >= 11 is 3.20. The largest absolute Gasteiger partial charge is 0.414 e. The summed E-state index contributed by atoms with van der Waals surface area (Å²) in [6, 6.07) is 4.91. The van der Waals surface area contributed by atoms with Crippen molar-refractivity contribution in [3.05, 3.63) is 28.2 Å². The number of hydrogen-bond donors (Lipinski definition) is 1. The number of ether oxygens (including phenoxy) is 1. The third-order valence-corrected chi connectivity index (χ3v) is 2.40. The number of alkyl halides is 3. The van der Waals surface area contributed by atoms with Crippen molar-refractivity contribution >= 4 is 21.6 Å². The van der Waals surface area contributed by atoms with Crippen molar-refractivity contribution in [3.8, 4) is 0 Å². The molecular weight excluding hydrogens is 287 g/mol. The average molecular weight is 298 g/mol. The van der Waals surface area contributed by atoms with Crippen LogP contribution in [-0.2, 0) is 11.3 Å². The molecule has 0 bridgehead atoms. The minimum atomic E-state index is -4.34. The van der Waals surface area contributed by atoms with Crippen molar-refractivity contribution in [1.82, 2.24) is 0 Å². The van der Waals surface area contributed by atoms with Crippen molar-refractivity contribution in [2.45, 2.75) is 25.8 Å². The Morgan fingerprint density at radius 2 is 2.00 bits per heavy atom. The molecule has 1 aromatic carbocycles. The molecule has 0 aliphatic rings. The molecule has 0 aliphatic heterocycles. The molecule has 0 heterocycles. The van der Waals surface area contributed by atoms with Crippen molar-refractivity contribution in [1.29, 1.82) is 0 Å². The van der Waals surface area contributed by atoms with Crippen molar-refractivity contribution in [3.63, 3.8) is 0 Å². The lowest BCUT2D eigenvalue weighted by atomic mass is 10.2. The molecule has 1 aromatic rings. The smallest absolute Gasteiger partial charge is 0.399 e. The molecule has 0 aliphatic carbocycles. The van der Waals surface area contributed by atoms with E-state index in [1.807, 2.05) is 0 Å². The number of nitrogen functional groups attached to an aromatic ring is 1. The first-order valence-electron chi connectivity index (χ1n) is 4.52. The van der Waals surface area contributed by atoms with Gasteiger partial charge in [0.2, 0.25) is 0 Å². The van der Waals surface area contributed by atoms with Crippen LogP contribution in [0.5, 0.6) is 0 Å². The quantitative estimate of drug-likeness (QED) is 0.867. The van der Waals surface area contributed by atoms with E-state index in [-0.39, 0.29) is 6.61 Å². The van der Waals surface area contributed by atoms with Gasteiger partial charge in [0, 0.05) is 10.2 Å². The lowest BCUT2D eigenvalue weighted by Crippen LogP contribution is -2.28. The highest BCUT2D eigenvalue weighted by atomic mass is 79.9. The fourth-order valence-corrected chi connectivity index (χ4v) is 1.63. The highest BCUT2D eigenvalue weighted by molar-refractivity contribution is 9.10.